The van der Waals surface area contributed by atoms with Gasteiger partial charge in [-0.15, -0.1) is 10.2 Å². The molecule has 2 heterocycles. The van der Waals surface area contributed by atoms with E-state index in [1.54, 1.807) is 0 Å². The number of piperidine rings is 1. The molecule has 24 heavy (non-hydrogen) atoms. The summed E-state index contributed by atoms with van der Waals surface area (Å²) in [6, 6.07) is 0.614. The van der Waals surface area contributed by atoms with E-state index in [0.717, 1.165) is 19.3 Å². The Labute approximate surface area is 151 Å². The molecular formula is C16H26N4O2S2. The standard InChI is InChI=1S/C16H26N4O2S2/c1-5-10(2)14(22)17-15-18-19-16(24-15)23-9-13(21)20-11(3)7-6-8-12(20)4/h10-12H,5-9H2,1-4H3,(H,17,18,22)/t10-,11-,12-/m0/s1. The van der Waals surface area contributed by atoms with E-state index in [1.807, 2.05) is 18.7 Å². The topological polar surface area (TPSA) is 75.2 Å². The third-order valence-corrected chi connectivity index (χ3v) is 6.45. The molecule has 0 radical (unpaired) electrons. The zero-order chi connectivity index (χ0) is 17.7. The van der Waals surface area contributed by atoms with Crippen molar-refractivity contribution in [3.8, 4) is 0 Å². The molecule has 2 rings (SSSR count). The fourth-order valence-corrected chi connectivity index (χ4v) is 4.47. The zero-order valence-electron chi connectivity index (χ0n) is 14.7. The van der Waals surface area contributed by atoms with Gasteiger partial charge < -0.3 is 10.2 Å². The molecule has 1 aromatic rings. The molecule has 0 saturated carbocycles. The highest BCUT2D eigenvalue weighted by molar-refractivity contribution is 8.01. The summed E-state index contributed by atoms with van der Waals surface area (Å²) in [6.07, 6.45) is 4.12. The van der Waals surface area contributed by atoms with Crippen LogP contribution in [0.25, 0.3) is 0 Å². The Morgan fingerprint density at radius 3 is 2.62 bits per heavy atom. The molecule has 0 spiro atoms. The number of rotatable bonds is 6. The number of aromatic nitrogens is 2. The quantitative estimate of drug-likeness (QED) is 0.613. The normalized spacial score (nSPS) is 22.2. The van der Waals surface area contributed by atoms with Gasteiger partial charge in [-0.3, -0.25) is 9.59 Å². The van der Waals surface area contributed by atoms with Gasteiger partial charge in [0.05, 0.1) is 5.75 Å². The van der Waals surface area contributed by atoms with Crippen molar-refractivity contribution < 1.29 is 9.59 Å². The molecule has 2 amide bonds. The number of carbonyl (C=O) groups is 2. The Bertz CT molecular complexity index is 568. The largest absolute Gasteiger partial charge is 0.337 e. The summed E-state index contributed by atoms with van der Waals surface area (Å²) in [5.41, 5.74) is 0. The molecule has 3 atom stereocenters. The Kier molecular flexibility index (Phi) is 7.03. The highest BCUT2D eigenvalue weighted by atomic mass is 32.2. The fraction of sp³-hybridized carbons (Fsp3) is 0.750. The maximum atomic E-state index is 12.5. The molecule has 0 aliphatic carbocycles. The number of likely N-dealkylation sites (tertiary alicyclic amines) is 1. The lowest BCUT2D eigenvalue weighted by Crippen LogP contribution is -2.48. The SMILES string of the molecule is CC[C@H](C)C(=O)Nc1nnc(SCC(=O)N2[C@@H](C)CCC[C@@H]2C)s1. The van der Waals surface area contributed by atoms with Gasteiger partial charge in [-0.25, -0.2) is 0 Å². The molecule has 1 aromatic heterocycles. The molecule has 0 aromatic carbocycles. The maximum Gasteiger partial charge on any atom is 0.233 e. The van der Waals surface area contributed by atoms with E-state index < -0.39 is 0 Å². The Morgan fingerprint density at radius 1 is 1.33 bits per heavy atom. The second-order valence-electron chi connectivity index (χ2n) is 6.39. The van der Waals surface area contributed by atoms with Crippen LogP contribution in [0.15, 0.2) is 4.34 Å². The van der Waals surface area contributed by atoms with E-state index in [-0.39, 0.29) is 17.7 Å². The van der Waals surface area contributed by atoms with Crippen molar-refractivity contribution in [1.82, 2.24) is 15.1 Å². The third kappa shape index (κ3) is 4.92. The first-order valence-electron chi connectivity index (χ1n) is 8.50. The number of hydrogen-bond donors (Lipinski definition) is 1. The van der Waals surface area contributed by atoms with Crippen molar-refractivity contribution in [3.63, 3.8) is 0 Å². The van der Waals surface area contributed by atoms with Gasteiger partial charge in [0.2, 0.25) is 16.9 Å². The zero-order valence-corrected chi connectivity index (χ0v) is 16.4. The minimum Gasteiger partial charge on any atom is -0.337 e. The number of nitrogens with zero attached hydrogens (tertiary/aromatic N) is 3. The van der Waals surface area contributed by atoms with Gasteiger partial charge in [0.1, 0.15) is 0 Å². The number of carbonyl (C=O) groups excluding carboxylic acids is 2. The maximum absolute atomic E-state index is 12.5. The lowest BCUT2D eigenvalue weighted by Gasteiger charge is -2.39. The van der Waals surface area contributed by atoms with Crippen LogP contribution in [0.1, 0.15) is 53.4 Å². The summed E-state index contributed by atoms with van der Waals surface area (Å²) >= 11 is 2.71. The van der Waals surface area contributed by atoms with Gasteiger partial charge in [-0.1, -0.05) is 36.9 Å². The van der Waals surface area contributed by atoms with Crippen LogP contribution in [0.4, 0.5) is 5.13 Å². The van der Waals surface area contributed by atoms with Crippen molar-refractivity contribution in [1.29, 1.82) is 0 Å². The molecule has 1 saturated heterocycles. The molecular weight excluding hydrogens is 344 g/mol. The van der Waals surface area contributed by atoms with Crippen LogP contribution >= 0.6 is 23.1 Å². The van der Waals surface area contributed by atoms with E-state index in [4.69, 9.17) is 0 Å². The van der Waals surface area contributed by atoms with Gasteiger partial charge in [-0.05, 0) is 39.5 Å². The van der Waals surface area contributed by atoms with Gasteiger partial charge >= 0.3 is 0 Å². The lowest BCUT2D eigenvalue weighted by molar-refractivity contribution is -0.134. The molecule has 0 bridgehead atoms. The Balaban J connectivity index is 1.86. The molecule has 0 unspecified atom stereocenters. The van der Waals surface area contributed by atoms with Crippen LogP contribution in [-0.2, 0) is 9.59 Å². The van der Waals surface area contributed by atoms with Crippen molar-refractivity contribution >= 4 is 40.0 Å². The van der Waals surface area contributed by atoms with Gasteiger partial charge in [0, 0.05) is 18.0 Å². The van der Waals surface area contributed by atoms with Crippen molar-refractivity contribution in [2.75, 3.05) is 11.1 Å². The van der Waals surface area contributed by atoms with Crippen LogP contribution in [0.5, 0.6) is 0 Å². The van der Waals surface area contributed by atoms with Gasteiger partial charge in [-0.2, -0.15) is 0 Å². The van der Waals surface area contributed by atoms with Crippen molar-refractivity contribution in [2.24, 2.45) is 5.92 Å². The van der Waals surface area contributed by atoms with E-state index in [0.29, 0.717) is 27.3 Å². The molecule has 134 valence electrons. The van der Waals surface area contributed by atoms with Crippen molar-refractivity contribution in [2.45, 2.75) is 69.8 Å². The number of nitrogens with one attached hydrogen (secondary N) is 1. The first-order valence-corrected chi connectivity index (χ1v) is 10.3. The predicted octanol–water partition coefficient (Wildman–Crippen LogP) is 3.40. The monoisotopic (exact) mass is 370 g/mol. The second kappa shape index (κ2) is 8.80. The first-order chi connectivity index (χ1) is 11.4. The number of thioether (sulfide) groups is 1. The molecule has 1 aliphatic rings. The molecule has 1 fully saturated rings. The van der Waals surface area contributed by atoms with Crippen LogP contribution in [0.2, 0.25) is 0 Å². The first kappa shape index (κ1) is 19.2. The Hall–Kier alpha value is -1.15. The minimum absolute atomic E-state index is 0.0442. The van der Waals surface area contributed by atoms with Crippen LogP contribution in [-0.4, -0.2) is 44.7 Å². The van der Waals surface area contributed by atoms with E-state index in [1.165, 1.54) is 29.5 Å². The molecule has 8 heteroatoms. The highest BCUT2D eigenvalue weighted by Gasteiger charge is 2.28. The van der Waals surface area contributed by atoms with E-state index in [2.05, 4.69) is 29.4 Å². The van der Waals surface area contributed by atoms with E-state index >= 15 is 0 Å². The molecule has 1 aliphatic heterocycles. The smallest absolute Gasteiger partial charge is 0.233 e. The molecule has 1 N–H and O–H groups in total. The Morgan fingerprint density at radius 2 is 2.00 bits per heavy atom. The second-order valence-corrected chi connectivity index (χ2v) is 8.59. The summed E-state index contributed by atoms with van der Waals surface area (Å²) in [5, 5.41) is 11.3. The summed E-state index contributed by atoms with van der Waals surface area (Å²) in [6.45, 7) is 8.09. The average Bonchev–Trinajstić information content (AvgIpc) is 2.99. The third-order valence-electron chi connectivity index (χ3n) is 4.50. The minimum atomic E-state index is -0.0475. The van der Waals surface area contributed by atoms with Crippen LogP contribution in [0, 0.1) is 5.92 Å². The molecule has 6 nitrogen and oxygen atoms in total. The van der Waals surface area contributed by atoms with Crippen LogP contribution < -0.4 is 5.32 Å². The number of hydrogen-bond acceptors (Lipinski definition) is 6. The van der Waals surface area contributed by atoms with Gasteiger partial charge in [0.25, 0.3) is 0 Å². The van der Waals surface area contributed by atoms with Crippen LogP contribution in [0.3, 0.4) is 0 Å². The highest BCUT2D eigenvalue weighted by Crippen LogP contribution is 2.28. The lowest BCUT2D eigenvalue weighted by atomic mass is 9.98. The number of anilines is 1. The summed E-state index contributed by atoms with van der Waals surface area (Å²) in [5.74, 6) is 0.425. The summed E-state index contributed by atoms with van der Waals surface area (Å²) < 4.78 is 0.708. The number of amides is 2. The summed E-state index contributed by atoms with van der Waals surface area (Å²) in [7, 11) is 0. The van der Waals surface area contributed by atoms with Crippen molar-refractivity contribution in [3.05, 3.63) is 0 Å². The van der Waals surface area contributed by atoms with E-state index in [9.17, 15) is 9.59 Å². The summed E-state index contributed by atoms with van der Waals surface area (Å²) in [4.78, 5) is 26.4. The fourth-order valence-electron chi connectivity index (χ4n) is 2.84. The van der Waals surface area contributed by atoms with Gasteiger partial charge in [0.15, 0.2) is 4.34 Å². The average molecular weight is 371 g/mol. The predicted molar refractivity (Wildman–Crippen MR) is 98.3 cm³/mol.